The number of methoxy groups -OCH3 is 1. The van der Waals surface area contributed by atoms with E-state index in [4.69, 9.17) is 10.5 Å². The molecule has 2 aromatic rings. The number of nitrogens with one attached hydrogen (secondary N) is 1. The van der Waals surface area contributed by atoms with E-state index in [0.717, 1.165) is 12.0 Å². The molecule has 0 unspecified atom stereocenters. The standard InChI is InChI=1S/C18H20N2O2/c1-22-17-9-7-15(13-16(17)19)8-10-18(21)20-12-11-14-5-3-2-4-6-14/h2-10,13H,11-12,19H2,1H3,(H,20,21)/b10-8+. The number of benzene rings is 2. The second-order valence-electron chi connectivity index (χ2n) is 4.86. The fraction of sp³-hybridized carbons (Fsp3) is 0.167. The lowest BCUT2D eigenvalue weighted by Crippen LogP contribution is -2.23. The number of nitrogens with two attached hydrogens (primary N) is 1. The molecular weight excluding hydrogens is 276 g/mol. The van der Waals surface area contributed by atoms with Gasteiger partial charge in [-0.1, -0.05) is 36.4 Å². The molecule has 0 saturated heterocycles. The normalized spacial score (nSPS) is 10.6. The van der Waals surface area contributed by atoms with Crippen molar-refractivity contribution < 1.29 is 9.53 Å². The number of hydrogen-bond donors (Lipinski definition) is 2. The maximum atomic E-state index is 11.8. The Morgan fingerprint density at radius 1 is 1.23 bits per heavy atom. The first-order valence-corrected chi connectivity index (χ1v) is 7.12. The lowest BCUT2D eigenvalue weighted by atomic mass is 10.1. The zero-order valence-corrected chi connectivity index (χ0v) is 12.6. The van der Waals surface area contributed by atoms with E-state index in [0.29, 0.717) is 18.0 Å². The van der Waals surface area contributed by atoms with Crippen LogP contribution >= 0.6 is 0 Å². The number of nitrogen functional groups attached to an aromatic ring is 1. The number of amides is 1. The Balaban J connectivity index is 1.82. The van der Waals surface area contributed by atoms with Gasteiger partial charge in [0, 0.05) is 12.6 Å². The van der Waals surface area contributed by atoms with E-state index in [1.54, 1.807) is 25.3 Å². The first-order chi connectivity index (χ1) is 10.7. The number of hydrogen-bond acceptors (Lipinski definition) is 3. The summed E-state index contributed by atoms with van der Waals surface area (Å²) >= 11 is 0. The van der Waals surface area contributed by atoms with E-state index in [1.807, 2.05) is 36.4 Å². The molecule has 0 spiro atoms. The number of carbonyl (C=O) groups is 1. The Hall–Kier alpha value is -2.75. The minimum Gasteiger partial charge on any atom is -0.495 e. The molecule has 114 valence electrons. The van der Waals surface area contributed by atoms with Crippen LogP contribution in [0.5, 0.6) is 5.75 Å². The van der Waals surface area contributed by atoms with Gasteiger partial charge in [0.15, 0.2) is 0 Å². The second-order valence-corrected chi connectivity index (χ2v) is 4.86. The van der Waals surface area contributed by atoms with Gasteiger partial charge in [-0.2, -0.15) is 0 Å². The maximum absolute atomic E-state index is 11.8. The molecular formula is C18H20N2O2. The predicted octanol–water partition coefficient (Wildman–Crippen LogP) is 2.65. The highest BCUT2D eigenvalue weighted by Crippen LogP contribution is 2.22. The minimum absolute atomic E-state index is 0.120. The summed E-state index contributed by atoms with van der Waals surface area (Å²) in [6.07, 6.45) is 4.05. The Kier molecular flexibility index (Phi) is 5.60. The maximum Gasteiger partial charge on any atom is 0.244 e. The summed E-state index contributed by atoms with van der Waals surface area (Å²) in [7, 11) is 1.57. The average Bonchev–Trinajstić information content (AvgIpc) is 2.54. The molecule has 0 aliphatic rings. The van der Waals surface area contributed by atoms with Gasteiger partial charge >= 0.3 is 0 Å². The molecule has 0 aromatic heterocycles. The van der Waals surface area contributed by atoms with Crippen molar-refractivity contribution >= 4 is 17.7 Å². The van der Waals surface area contributed by atoms with Gasteiger partial charge in [-0.05, 0) is 35.8 Å². The molecule has 1 amide bonds. The van der Waals surface area contributed by atoms with Gasteiger partial charge in [0.1, 0.15) is 5.75 Å². The highest BCUT2D eigenvalue weighted by molar-refractivity contribution is 5.91. The number of ether oxygens (including phenoxy) is 1. The van der Waals surface area contributed by atoms with Crippen molar-refractivity contribution in [3.63, 3.8) is 0 Å². The van der Waals surface area contributed by atoms with Gasteiger partial charge < -0.3 is 15.8 Å². The summed E-state index contributed by atoms with van der Waals surface area (Å²) in [6, 6.07) is 15.4. The first kappa shape index (κ1) is 15.6. The monoisotopic (exact) mass is 296 g/mol. The summed E-state index contributed by atoms with van der Waals surface area (Å²) < 4.78 is 5.09. The molecule has 2 rings (SSSR count). The fourth-order valence-corrected chi connectivity index (χ4v) is 2.06. The molecule has 2 aromatic carbocycles. The van der Waals surface area contributed by atoms with Crippen molar-refractivity contribution in [1.29, 1.82) is 0 Å². The van der Waals surface area contributed by atoms with Gasteiger partial charge in [-0.15, -0.1) is 0 Å². The summed E-state index contributed by atoms with van der Waals surface area (Å²) in [5.74, 6) is 0.509. The van der Waals surface area contributed by atoms with Crippen LogP contribution < -0.4 is 15.8 Å². The number of carbonyl (C=O) groups excluding carboxylic acids is 1. The van der Waals surface area contributed by atoms with Crippen molar-refractivity contribution in [1.82, 2.24) is 5.32 Å². The first-order valence-electron chi connectivity index (χ1n) is 7.12. The quantitative estimate of drug-likeness (QED) is 0.636. The Morgan fingerprint density at radius 3 is 2.68 bits per heavy atom. The van der Waals surface area contributed by atoms with Crippen LogP contribution in [-0.2, 0) is 11.2 Å². The number of rotatable bonds is 6. The summed E-state index contributed by atoms with van der Waals surface area (Å²) in [6.45, 7) is 0.609. The molecule has 0 heterocycles. The van der Waals surface area contributed by atoms with Crippen LogP contribution in [0.3, 0.4) is 0 Å². The predicted molar refractivity (Wildman–Crippen MR) is 89.6 cm³/mol. The van der Waals surface area contributed by atoms with Crippen molar-refractivity contribution in [2.75, 3.05) is 19.4 Å². The minimum atomic E-state index is -0.120. The van der Waals surface area contributed by atoms with Crippen molar-refractivity contribution in [2.24, 2.45) is 0 Å². The SMILES string of the molecule is COc1ccc(/C=C/C(=O)NCCc2ccccc2)cc1N. The molecule has 4 heteroatoms. The van der Waals surface area contributed by atoms with E-state index in [1.165, 1.54) is 11.6 Å². The van der Waals surface area contributed by atoms with E-state index in [2.05, 4.69) is 5.32 Å². The largest absolute Gasteiger partial charge is 0.495 e. The van der Waals surface area contributed by atoms with Gasteiger partial charge in [0.2, 0.25) is 5.91 Å². The molecule has 0 aliphatic heterocycles. The topological polar surface area (TPSA) is 64.3 Å². The van der Waals surface area contributed by atoms with Gasteiger partial charge in [0.25, 0.3) is 0 Å². The van der Waals surface area contributed by atoms with Crippen molar-refractivity contribution in [3.05, 3.63) is 65.7 Å². The van der Waals surface area contributed by atoms with Crippen LogP contribution in [0.2, 0.25) is 0 Å². The molecule has 0 bridgehead atoms. The summed E-state index contributed by atoms with van der Waals surface area (Å²) in [4.78, 5) is 11.8. The second kappa shape index (κ2) is 7.88. The third kappa shape index (κ3) is 4.66. The van der Waals surface area contributed by atoms with Crippen LogP contribution in [0.1, 0.15) is 11.1 Å². The van der Waals surface area contributed by atoms with Crippen LogP contribution in [-0.4, -0.2) is 19.6 Å². The fourth-order valence-electron chi connectivity index (χ4n) is 2.06. The molecule has 22 heavy (non-hydrogen) atoms. The van der Waals surface area contributed by atoms with E-state index in [9.17, 15) is 4.79 Å². The summed E-state index contributed by atoms with van der Waals surface area (Å²) in [5.41, 5.74) is 8.43. The molecule has 0 atom stereocenters. The third-order valence-electron chi connectivity index (χ3n) is 3.24. The molecule has 0 aliphatic carbocycles. The molecule has 3 N–H and O–H groups in total. The van der Waals surface area contributed by atoms with E-state index in [-0.39, 0.29) is 5.91 Å². The zero-order chi connectivity index (χ0) is 15.8. The lowest BCUT2D eigenvalue weighted by molar-refractivity contribution is -0.116. The van der Waals surface area contributed by atoms with Gasteiger partial charge in [-0.3, -0.25) is 4.79 Å². The lowest BCUT2D eigenvalue weighted by Gasteiger charge is -2.05. The van der Waals surface area contributed by atoms with Crippen molar-refractivity contribution in [2.45, 2.75) is 6.42 Å². The van der Waals surface area contributed by atoms with Crippen LogP contribution in [0, 0.1) is 0 Å². The van der Waals surface area contributed by atoms with Gasteiger partial charge in [0.05, 0.1) is 12.8 Å². The smallest absolute Gasteiger partial charge is 0.244 e. The highest BCUT2D eigenvalue weighted by Gasteiger charge is 2.00. The highest BCUT2D eigenvalue weighted by atomic mass is 16.5. The third-order valence-corrected chi connectivity index (χ3v) is 3.24. The Morgan fingerprint density at radius 2 is 2.00 bits per heavy atom. The number of anilines is 1. The molecule has 4 nitrogen and oxygen atoms in total. The molecule has 0 radical (unpaired) electrons. The Labute approximate surface area is 130 Å². The Bertz CT molecular complexity index is 651. The van der Waals surface area contributed by atoms with Crippen LogP contribution in [0.15, 0.2) is 54.6 Å². The van der Waals surface area contributed by atoms with Crippen LogP contribution in [0.25, 0.3) is 6.08 Å². The molecule has 0 saturated carbocycles. The molecule has 0 fully saturated rings. The zero-order valence-electron chi connectivity index (χ0n) is 12.6. The summed E-state index contributed by atoms with van der Waals surface area (Å²) in [5, 5.41) is 2.86. The van der Waals surface area contributed by atoms with E-state index < -0.39 is 0 Å². The van der Waals surface area contributed by atoms with Gasteiger partial charge in [-0.25, -0.2) is 0 Å². The van der Waals surface area contributed by atoms with Crippen LogP contribution in [0.4, 0.5) is 5.69 Å². The van der Waals surface area contributed by atoms with E-state index >= 15 is 0 Å². The van der Waals surface area contributed by atoms with Crippen molar-refractivity contribution in [3.8, 4) is 5.75 Å². The average molecular weight is 296 g/mol.